The number of nitrogens with zero attached hydrogens (tertiary/aromatic N) is 3. The van der Waals surface area contributed by atoms with Crippen molar-refractivity contribution in [2.24, 2.45) is 0 Å². The van der Waals surface area contributed by atoms with Gasteiger partial charge in [-0.25, -0.2) is 9.07 Å². The van der Waals surface area contributed by atoms with Gasteiger partial charge < -0.3 is 5.11 Å². The number of benzene rings is 1. The van der Waals surface area contributed by atoms with E-state index in [1.54, 1.807) is 13.8 Å². The van der Waals surface area contributed by atoms with Crippen molar-refractivity contribution in [2.75, 3.05) is 0 Å². The number of aliphatic carboxylic acids is 1. The number of nitriles is 1. The lowest BCUT2D eigenvalue weighted by Crippen LogP contribution is -2.05. The van der Waals surface area contributed by atoms with Gasteiger partial charge in [0.2, 0.25) is 0 Å². The van der Waals surface area contributed by atoms with E-state index in [-0.39, 0.29) is 22.1 Å². The van der Waals surface area contributed by atoms with Crippen LogP contribution in [0.25, 0.3) is 5.69 Å². The summed E-state index contributed by atoms with van der Waals surface area (Å²) in [5.41, 5.74) is 2.00. The number of carbonyl (C=O) groups is 1. The van der Waals surface area contributed by atoms with Crippen LogP contribution in [0.4, 0.5) is 4.39 Å². The minimum Gasteiger partial charge on any atom is -0.481 e. The summed E-state index contributed by atoms with van der Waals surface area (Å²) in [4.78, 5) is 10.9. The van der Waals surface area contributed by atoms with Crippen LogP contribution in [-0.2, 0) is 11.2 Å². The number of rotatable bonds is 3. The summed E-state index contributed by atoms with van der Waals surface area (Å²) < 4.78 is 15.8. The van der Waals surface area contributed by atoms with E-state index in [1.807, 2.05) is 6.07 Å². The lowest BCUT2D eigenvalue weighted by molar-refractivity contribution is -0.136. The summed E-state index contributed by atoms with van der Waals surface area (Å²) in [6, 6.07) is 4.81. The third kappa shape index (κ3) is 2.67. The second-order valence-corrected chi connectivity index (χ2v) is 5.30. The Balaban J connectivity index is 2.61. The summed E-state index contributed by atoms with van der Waals surface area (Å²) in [6.45, 7) is 3.36. The fourth-order valence-electron chi connectivity index (χ4n) is 2.11. The molecule has 0 unspecified atom stereocenters. The van der Waals surface area contributed by atoms with Gasteiger partial charge in [-0.1, -0.05) is 0 Å². The minimum absolute atomic E-state index is 0.0647. The first-order valence-corrected chi connectivity index (χ1v) is 6.81. The lowest BCUT2D eigenvalue weighted by Gasteiger charge is -2.08. The minimum atomic E-state index is -0.970. The summed E-state index contributed by atoms with van der Waals surface area (Å²) in [5, 5.41) is 22.0. The molecule has 21 heavy (non-hydrogen) atoms. The monoisotopic (exact) mass is 351 g/mol. The van der Waals surface area contributed by atoms with Crippen LogP contribution >= 0.6 is 15.9 Å². The first-order chi connectivity index (χ1) is 9.86. The van der Waals surface area contributed by atoms with E-state index in [2.05, 4.69) is 21.0 Å². The molecule has 1 aromatic heterocycles. The van der Waals surface area contributed by atoms with Gasteiger partial charge in [-0.15, -0.1) is 0 Å². The van der Waals surface area contributed by atoms with Crippen LogP contribution in [-0.4, -0.2) is 20.9 Å². The predicted molar refractivity (Wildman–Crippen MR) is 76.8 cm³/mol. The largest absolute Gasteiger partial charge is 0.481 e. The zero-order valence-corrected chi connectivity index (χ0v) is 12.9. The molecular formula is C14H11BrFN3O2. The molecule has 0 bridgehead atoms. The van der Waals surface area contributed by atoms with Gasteiger partial charge in [0.15, 0.2) is 5.82 Å². The molecule has 1 heterocycles. The van der Waals surface area contributed by atoms with Crippen molar-refractivity contribution in [3.63, 3.8) is 0 Å². The Bertz CT molecular complexity index is 778. The molecule has 1 aromatic carbocycles. The molecule has 0 spiro atoms. The molecule has 0 aliphatic carbocycles. The molecule has 1 N–H and O–H groups in total. The highest BCUT2D eigenvalue weighted by Gasteiger charge is 2.19. The van der Waals surface area contributed by atoms with Gasteiger partial charge in [-0.05, 0) is 41.9 Å². The first-order valence-electron chi connectivity index (χ1n) is 6.02. The van der Waals surface area contributed by atoms with E-state index in [1.165, 1.54) is 16.8 Å². The molecule has 0 radical (unpaired) electrons. The van der Waals surface area contributed by atoms with E-state index in [0.717, 1.165) is 0 Å². The molecule has 0 atom stereocenters. The van der Waals surface area contributed by atoms with Crippen LogP contribution in [0.15, 0.2) is 16.6 Å². The van der Waals surface area contributed by atoms with Gasteiger partial charge in [-0.2, -0.15) is 10.4 Å². The van der Waals surface area contributed by atoms with Gasteiger partial charge in [0, 0.05) is 11.3 Å². The zero-order valence-electron chi connectivity index (χ0n) is 11.3. The van der Waals surface area contributed by atoms with E-state index in [0.29, 0.717) is 17.0 Å². The fraction of sp³-hybridized carbons (Fsp3) is 0.214. The van der Waals surface area contributed by atoms with Gasteiger partial charge in [0.25, 0.3) is 0 Å². The van der Waals surface area contributed by atoms with Crippen molar-refractivity contribution in [3.8, 4) is 11.8 Å². The maximum Gasteiger partial charge on any atom is 0.307 e. The van der Waals surface area contributed by atoms with Crippen molar-refractivity contribution in [1.29, 1.82) is 5.26 Å². The molecular weight excluding hydrogens is 341 g/mol. The Morgan fingerprint density at radius 3 is 2.76 bits per heavy atom. The molecule has 2 rings (SSSR count). The van der Waals surface area contributed by atoms with Crippen LogP contribution < -0.4 is 0 Å². The Hall–Kier alpha value is -2.20. The van der Waals surface area contributed by atoms with Crippen LogP contribution in [0, 0.1) is 31.0 Å². The highest BCUT2D eigenvalue weighted by Crippen LogP contribution is 2.27. The molecule has 0 saturated heterocycles. The quantitative estimate of drug-likeness (QED) is 0.921. The van der Waals surface area contributed by atoms with Crippen molar-refractivity contribution < 1.29 is 14.3 Å². The Kier molecular flexibility index (Phi) is 4.09. The van der Waals surface area contributed by atoms with E-state index in [9.17, 15) is 9.18 Å². The maximum absolute atomic E-state index is 14.3. The number of halogens is 2. The molecule has 0 aliphatic rings. The topological polar surface area (TPSA) is 78.9 Å². The third-order valence-electron chi connectivity index (χ3n) is 3.18. The predicted octanol–water partition coefficient (Wildman–Crippen LogP) is 2.89. The first kappa shape index (κ1) is 15.2. The summed E-state index contributed by atoms with van der Waals surface area (Å²) in [5.74, 6) is -1.58. The smallest absolute Gasteiger partial charge is 0.307 e. The van der Waals surface area contributed by atoms with Crippen LogP contribution in [0.3, 0.4) is 0 Å². The van der Waals surface area contributed by atoms with Crippen molar-refractivity contribution in [1.82, 2.24) is 9.78 Å². The molecule has 7 heteroatoms. The van der Waals surface area contributed by atoms with Crippen molar-refractivity contribution in [2.45, 2.75) is 20.3 Å². The van der Waals surface area contributed by atoms with Crippen molar-refractivity contribution >= 4 is 21.9 Å². The highest BCUT2D eigenvalue weighted by atomic mass is 79.9. The van der Waals surface area contributed by atoms with Gasteiger partial charge in [0.05, 0.1) is 22.2 Å². The molecule has 0 fully saturated rings. The van der Waals surface area contributed by atoms with Gasteiger partial charge in [0.1, 0.15) is 11.8 Å². The lowest BCUT2D eigenvalue weighted by atomic mass is 10.1. The highest BCUT2D eigenvalue weighted by molar-refractivity contribution is 9.10. The Morgan fingerprint density at radius 2 is 2.19 bits per heavy atom. The normalized spacial score (nSPS) is 10.4. The van der Waals surface area contributed by atoms with E-state index in [4.69, 9.17) is 10.4 Å². The Labute approximate surface area is 128 Å². The maximum atomic E-state index is 14.3. The number of hydrogen-bond donors (Lipinski definition) is 1. The Morgan fingerprint density at radius 1 is 1.52 bits per heavy atom. The van der Waals surface area contributed by atoms with Crippen LogP contribution in [0.1, 0.15) is 22.5 Å². The average Bonchev–Trinajstić information content (AvgIpc) is 2.69. The van der Waals surface area contributed by atoms with Gasteiger partial charge >= 0.3 is 5.97 Å². The van der Waals surface area contributed by atoms with E-state index >= 15 is 0 Å². The molecule has 108 valence electrons. The average molecular weight is 352 g/mol. The second-order valence-electron chi connectivity index (χ2n) is 4.50. The third-order valence-corrected chi connectivity index (χ3v) is 3.96. The van der Waals surface area contributed by atoms with Gasteiger partial charge in [-0.3, -0.25) is 4.79 Å². The molecule has 2 aromatic rings. The summed E-state index contributed by atoms with van der Waals surface area (Å²) >= 11 is 3.05. The number of aryl methyl sites for hydroxylation is 1. The fourth-order valence-corrected chi connectivity index (χ4v) is 2.53. The second kappa shape index (κ2) is 5.66. The molecule has 0 amide bonds. The van der Waals surface area contributed by atoms with Crippen LogP contribution in [0.2, 0.25) is 0 Å². The number of carboxylic acids is 1. The summed E-state index contributed by atoms with van der Waals surface area (Å²) in [6.07, 6.45) is -0.170. The summed E-state index contributed by atoms with van der Waals surface area (Å²) in [7, 11) is 0. The van der Waals surface area contributed by atoms with E-state index < -0.39 is 11.8 Å². The molecule has 0 aliphatic heterocycles. The number of hydrogen-bond acceptors (Lipinski definition) is 3. The SMILES string of the molecule is Cc1nn(-c2ccc(C#N)c(Br)c2F)c(C)c1CC(=O)O. The van der Waals surface area contributed by atoms with Crippen molar-refractivity contribution in [3.05, 3.63) is 44.9 Å². The number of aromatic nitrogens is 2. The van der Waals surface area contributed by atoms with Crippen LogP contribution in [0.5, 0.6) is 0 Å². The molecule has 0 saturated carbocycles. The number of carboxylic acid groups (broad SMARTS) is 1. The standard InChI is InChI=1S/C14H11BrFN3O2/c1-7-10(5-12(20)21)8(2)19(18-7)11-4-3-9(6-17)13(15)14(11)16/h3-4H,5H2,1-2H3,(H,20,21). The zero-order chi connectivity index (χ0) is 15.7. The molecule has 5 nitrogen and oxygen atoms in total.